The van der Waals surface area contributed by atoms with Crippen LogP contribution >= 0.6 is 22.7 Å². The highest BCUT2D eigenvalue weighted by atomic mass is 32.1. The van der Waals surface area contributed by atoms with Crippen LogP contribution < -0.4 is 5.32 Å². The highest BCUT2D eigenvalue weighted by molar-refractivity contribution is 7.20. The maximum atomic E-state index is 12.0. The molecule has 102 valence electrons. The molecule has 1 amide bonds. The molecule has 0 aliphatic carbocycles. The normalized spacial score (nSPS) is 10.6. The predicted octanol–water partition coefficient (Wildman–Crippen LogP) is 2.50. The summed E-state index contributed by atoms with van der Waals surface area (Å²) in [6, 6.07) is 5.84. The van der Waals surface area contributed by atoms with E-state index < -0.39 is 0 Å². The summed E-state index contributed by atoms with van der Waals surface area (Å²) in [6.07, 6.45) is 3.58. The predicted molar refractivity (Wildman–Crippen MR) is 80.0 cm³/mol. The molecule has 3 rings (SSSR count). The van der Waals surface area contributed by atoms with E-state index in [0.717, 1.165) is 9.88 Å². The quantitative estimate of drug-likeness (QED) is 0.788. The van der Waals surface area contributed by atoms with Crippen LogP contribution in [0.4, 0.5) is 0 Å². The molecule has 0 atom stereocenters. The minimum absolute atomic E-state index is 0.142. The van der Waals surface area contributed by atoms with E-state index in [1.165, 1.54) is 11.3 Å². The molecule has 3 heterocycles. The Morgan fingerprint density at radius 3 is 3.05 bits per heavy atom. The third-order valence-corrected chi connectivity index (χ3v) is 4.54. The van der Waals surface area contributed by atoms with Gasteiger partial charge in [-0.2, -0.15) is 5.10 Å². The summed E-state index contributed by atoms with van der Waals surface area (Å²) < 4.78 is 1.78. The van der Waals surface area contributed by atoms with E-state index in [0.29, 0.717) is 18.8 Å². The van der Waals surface area contributed by atoms with E-state index in [1.54, 1.807) is 27.6 Å². The lowest BCUT2D eigenvalue weighted by Crippen LogP contribution is -2.27. The van der Waals surface area contributed by atoms with Gasteiger partial charge in [-0.1, -0.05) is 6.07 Å². The number of nitrogens with zero attached hydrogens (tertiary/aromatic N) is 3. The highest BCUT2D eigenvalue weighted by Crippen LogP contribution is 2.27. The number of aromatic nitrogens is 3. The molecule has 7 heteroatoms. The first kappa shape index (κ1) is 13.0. The fourth-order valence-corrected chi connectivity index (χ4v) is 3.31. The van der Waals surface area contributed by atoms with Gasteiger partial charge in [-0.3, -0.25) is 9.48 Å². The van der Waals surface area contributed by atoms with Gasteiger partial charge in [0.1, 0.15) is 10.7 Å². The van der Waals surface area contributed by atoms with Crippen LogP contribution in [-0.2, 0) is 6.54 Å². The molecule has 0 fully saturated rings. The molecular formula is C13H12N4OS2. The summed E-state index contributed by atoms with van der Waals surface area (Å²) in [5, 5.41) is 11.6. The second-order valence-electron chi connectivity index (χ2n) is 4.04. The zero-order valence-corrected chi connectivity index (χ0v) is 12.2. The molecule has 3 aromatic rings. The fourth-order valence-electron chi connectivity index (χ4n) is 1.70. The van der Waals surface area contributed by atoms with Gasteiger partial charge in [-0.25, -0.2) is 4.98 Å². The number of amides is 1. The number of carbonyl (C=O) groups excluding carboxylic acids is 1. The van der Waals surface area contributed by atoms with Gasteiger partial charge >= 0.3 is 0 Å². The van der Waals surface area contributed by atoms with Crippen molar-refractivity contribution in [3.63, 3.8) is 0 Å². The molecule has 0 bridgehead atoms. The average molecular weight is 304 g/mol. The average Bonchev–Trinajstić information content (AvgIpc) is 3.20. The van der Waals surface area contributed by atoms with E-state index >= 15 is 0 Å². The van der Waals surface area contributed by atoms with Crippen molar-refractivity contribution < 1.29 is 4.79 Å². The van der Waals surface area contributed by atoms with E-state index in [4.69, 9.17) is 0 Å². The molecule has 20 heavy (non-hydrogen) atoms. The second-order valence-corrected chi connectivity index (χ2v) is 5.85. The van der Waals surface area contributed by atoms with Crippen LogP contribution in [0.1, 0.15) is 10.5 Å². The first-order valence-electron chi connectivity index (χ1n) is 6.08. The summed E-state index contributed by atoms with van der Waals surface area (Å²) in [5.74, 6) is -0.142. The van der Waals surface area contributed by atoms with E-state index in [2.05, 4.69) is 15.4 Å². The Hall–Kier alpha value is -1.99. The van der Waals surface area contributed by atoms with Crippen molar-refractivity contribution in [1.29, 1.82) is 0 Å². The number of carbonyl (C=O) groups is 1. The first-order valence-corrected chi connectivity index (χ1v) is 7.84. The Bertz CT molecular complexity index is 673. The lowest BCUT2D eigenvalue weighted by atomic mass is 10.4. The minimum Gasteiger partial charge on any atom is -0.349 e. The monoisotopic (exact) mass is 304 g/mol. The number of thiazole rings is 1. The Morgan fingerprint density at radius 1 is 1.35 bits per heavy atom. The molecule has 0 aromatic carbocycles. The van der Waals surface area contributed by atoms with E-state index in [1.807, 2.05) is 29.8 Å². The lowest BCUT2D eigenvalue weighted by molar-refractivity contribution is 0.0947. The summed E-state index contributed by atoms with van der Waals surface area (Å²) >= 11 is 3.11. The van der Waals surface area contributed by atoms with Gasteiger partial charge in [-0.15, -0.1) is 22.7 Å². The molecule has 0 spiro atoms. The largest absolute Gasteiger partial charge is 0.349 e. The van der Waals surface area contributed by atoms with Crippen molar-refractivity contribution in [3.05, 3.63) is 47.0 Å². The van der Waals surface area contributed by atoms with Gasteiger partial charge in [-0.05, 0) is 17.5 Å². The fraction of sp³-hybridized carbons (Fsp3) is 0.154. The smallest absolute Gasteiger partial charge is 0.270 e. The van der Waals surface area contributed by atoms with Crippen LogP contribution in [0.2, 0.25) is 0 Å². The van der Waals surface area contributed by atoms with Gasteiger partial charge in [0.05, 0.1) is 11.4 Å². The number of rotatable bonds is 5. The van der Waals surface area contributed by atoms with Crippen LogP contribution in [0, 0.1) is 0 Å². The third kappa shape index (κ3) is 2.94. The maximum absolute atomic E-state index is 12.0. The lowest BCUT2D eigenvalue weighted by Gasteiger charge is -2.03. The Labute approximate surface area is 123 Å². The Morgan fingerprint density at radius 2 is 2.30 bits per heavy atom. The summed E-state index contributed by atoms with van der Waals surface area (Å²) in [4.78, 5) is 17.4. The van der Waals surface area contributed by atoms with Crippen LogP contribution in [0.25, 0.3) is 9.88 Å². The molecule has 5 nitrogen and oxygen atoms in total. The maximum Gasteiger partial charge on any atom is 0.270 e. The molecular weight excluding hydrogens is 292 g/mol. The second kappa shape index (κ2) is 5.98. The van der Waals surface area contributed by atoms with Crippen LogP contribution in [0.3, 0.4) is 0 Å². The van der Waals surface area contributed by atoms with Crippen LogP contribution in [0.5, 0.6) is 0 Å². The number of hydrogen-bond donors (Lipinski definition) is 1. The third-order valence-electron chi connectivity index (χ3n) is 2.65. The molecule has 0 saturated carbocycles. The van der Waals surface area contributed by atoms with Gasteiger partial charge in [0.25, 0.3) is 5.91 Å². The molecule has 3 aromatic heterocycles. The van der Waals surface area contributed by atoms with Gasteiger partial charge < -0.3 is 5.32 Å². The first-order chi connectivity index (χ1) is 9.83. The van der Waals surface area contributed by atoms with Crippen molar-refractivity contribution >= 4 is 28.6 Å². The molecule has 0 aliphatic rings. The molecule has 1 N–H and O–H groups in total. The van der Waals surface area contributed by atoms with Crippen LogP contribution in [-0.4, -0.2) is 27.2 Å². The number of nitrogens with one attached hydrogen (secondary N) is 1. The molecule has 0 aliphatic heterocycles. The van der Waals surface area contributed by atoms with E-state index in [-0.39, 0.29) is 5.91 Å². The Balaban J connectivity index is 1.57. The zero-order valence-electron chi connectivity index (χ0n) is 10.5. The van der Waals surface area contributed by atoms with Crippen molar-refractivity contribution in [3.8, 4) is 9.88 Å². The SMILES string of the molecule is O=C(NCCn1cccn1)c1csc(-c2cccs2)n1. The number of hydrogen-bond acceptors (Lipinski definition) is 5. The summed E-state index contributed by atoms with van der Waals surface area (Å²) in [7, 11) is 0. The zero-order chi connectivity index (χ0) is 13.8. The molecule has 0 saturated heterocycles. The van der Waals surface area contributed by atoms with E-state index in [9.17, 15) is 4.79 Å². The topological polar surface area (TPSA) is 59.8 Å². The van der Waals surface area contributed by atoms with Crippen LogP contribution in [0.15, 0.2) is 41.4 Å². The van der Waals surface area contributed by atoms with Crippen molar-refractivity contribution in [1.82, 2.24) is 20.1 Å². The van der Waals surface area contributed by atoms with Gasteiger partial charge in [0, 0.05) is 24.3 Å². The summed E-state index contributed by atoms with van der Waals surface area (Å²) in [5.41, 5.74) is 0.471. The standard InChI is InChI=1S/C13H12N4OS2/c18-12(14-5-7-17-6-2-4-15-17)10-9-20-13(16-10)11-3-1-8-19-11/h1-4,6,8-9H,5,7H2,(H,14,18). The highest BCUT2D eigenvalue weighted by Gasteiger charge is 2.11. The van der Waals surface area contributed by atoms with Crippen molar-refractivity contribution in [2.75, 3.05) is 6.54 Å². The minimum atomic E-state index is -0.142. The van der Waals surface area contributed by atoms with Gasteiger partial charge in [0.15, 0.2) is 0 Å². The molecule has 0 unspecified atom stereocenters. The summed E-state index contributed by atoms with van der Waals surface area (Å²) in [6.45, 7) is 1.19. The Kier molecular flexibility index (Phi) is 3.89. The molecule has 0 radical (unpaired) electrons. The number of thiophene rings is 1. The van der Waals surface area contributed by atoms with Gasteiger partial charge in [0.2, 0.25) is 0 Å². The van der Waals surface area contributed by atoms with Crippen molar-refractivity contribution in [2.45, 2.75) is 6.54 Å². The van der Waals surface area contributed by atoms with Crippen molar-refractivity contribution in [2.24, 2.45) is 0 Å².